The molecule has 0 saturated carbocycles. The van der Waals surface area contributed by atoms with Crippen LogP contribution in [0.4, 0.5) is 0 Å². The maximum atomic E-state index is 14.5. The Labute approximate surface area is 226 Å². The molecule has 1 N–H and O–H groups in total. The van der Waals surface area contributed by atoms with E-state index in [-0.39, 0.29) is 30.9 Å². The largest absolute Gasteiger partial charge is 0.466 e. The van der Waals surface area contributed by atoms with Crippen LogP contribution in [0.1, 0.15) is 47.0 Å². The van der Waals surface area contributed by atoms with E-state index in [9.17, 15) is 19.5 Å². The molecule has 4 rings (SSSR count). The fourth-order valence-corrected chi connectivity index (χ4v) is 7.11. The van der Waals surface area contributed by atoms with E-state index in [0.717, 1.165) is 19.5 Å². The van der Waals surface area contributed by atoms with Gasteiger partial charge in [-0.2, -0.15) is 0 Å². The second kappa shape index (κ2) is 11.6. The molecule has 38 heavy (non-hydrogen) atoms. The molecule has 0 aliphatic carbocycles. The van der Waals surface area contributed by atoms with Crippen LogP contribution < -0.4 is 0 Å². The minimum Gasteiger partial charge on any atom is -0.466 e. The smallest absolute Gasteiger partial charge is 0.312 e. The topological polar surface area (TPSA) is 109 Å². The van der Waals surface area contributed by atoms with Crippen LogP contribution in [0.25, 0.3) is 0 Å². The van der Waals surface area contributed by atoms with Crippen molar-refractivity contribution in [1.29, 1.82) is 0 Å². The molecule has 2 amide bonds. The number of likely N-dealkylation sites (tertiary alicyclic amines) is 1. The van der Waals surface area contributed by atoms with Gasteiger partial charge in [-0.05, 0) is 32.6 Å². The van der Waals surface area contributed by atoms with Gasteiger partial charge in [0.05, 0.1) is 44.0 Å². The van der Waals surface area contributed by atoms with Crippen molar-refractivity contribution in [2.24, 2.45) is 17.8 Å². The summed E-state index contributed by atoms with van der Waals surface area (Å²) in [6, 6.07) is -1.50. The van der Waals surface area contributed by atoms with Gasteiger partial charge in [0.2, 0.25) is 11.8 Å². The molecule has 0 aromatic rings. The molecule has 4 aliphatic rings. The first-order chi connectivity index (χ1) is 18.2. The van der Waals surface area contributed by atoms with Crippen molar-refractivity contribution in [3.63, 3.8) is 0 Å². The van der Waals surface area contributed by atoms with Crippen LogP contribution in [-0.4, -0.2) is 120 Å². The lowest BCUT2D eigenvalue weighted by Crippen LogP contribution is -2.60. The summed E-state index contributed by atoms with van der Waals surface area (Å²) >= 11 is 0. The van der Waals surface area contributed by atoms with Crippen LogP contribution in [0.3, 0.4) is 0 Å². The van der Waals surface area contributed by atoms with Crippen LogP contribution in [0.2, 0.25) is 0 Å². The SMILES string of the molecule is C=CCN(CCN1CCOCC1)C(=O)C1N([C@@H](CO)[C@@H](C)CC)C(=O)[C@@H]2[C@H](C(=O)OCC)[C@]3(C)CCC12O3. The Morgan fingerprint density at radius 3 is 2.61 bits per heavy atom. The lowest BCUT2D eigenvalue weighted by molar-refractivity contribution is -0.162. The third kappa shape index (κ3) is 4.78. The zero-order valence-electron chi connectivity index (χ0n) is 23.4. The summed E-state index contributed by atoms with van der Waals surface area (Å²) in [5, 5.41) is 10.5. The average Bonchev–Trinajstić information content (AvgIpc) is 3.48. The molecule has 2 bridgehead atoms. The van der Waals surface area contributed by atoms with Crippen molar-refractivity contribution in [2.45, 2.75) is 70.2 Å². The van der Waals surface area contributed by atoms with E-state index < -0.39 is 41.1 Å². The average molecular weight is 536 g/mol. The number of ether oxygens (including phenoxy) is 3. The Kier molecular flexibility index (Phi) is 8.86. The highest BCUT2D eigenvalue weighted by Gasteiger charge is 2.79. The Balaban J connectivity index is 1.72. The predicted octanol–water partition coefficient (Wildman–Crippen LogP) is 1.07. The molecule has 214 valence electrons. The van der Waals surface area contributed by atoms with E-state index in [1.165, 1.54) is 0 Å². The summed E-state index contributed by atoms with van der Waals surface area (Å²) in [7, 11) is 0. The number of aliphatic hydroxyl groups excluding tert-OH is 1. The van der Waals surface area contributed by atoms with Crippen molar-refractivity contribution in [3.8, 4) is 0 Å². The number of nitrogens with zero attached hydrogens (tertiary/aromatic N) is 3. The summed E-state index contributed by atoms with van der Waals surface area (Å²) in [6.07, 6.45) is 3.47. The number of amides is 2. The zero-order chi connectivity index (χ0) is 27.7. The van der Waals surface area contributed by atoms with E-state index in [4.69, 9.17) is 14.2 Å². The lowest BCUT2D eigenvalue weighted by atomic mass is 9.66. The van der Waals surface area contributed by atoms with Crippen molar-refractivity contribution < 1.29 is 33.7 Å². The first kappa shape index (κ1) is 29.0. The number of aliphatic hydroxyl groups is 1. The Morgan fingerprint density at radius 2 is 2.00 bits per heavy atom. The molecule has 1 spiro atoms. The van der Waals surface area contributed by atoms with Crippen molar-refractivity contribution in [3.05, 3.63) is 12.7 Å². The summed E-state index contributed by atoms with van der Waals surface area (Å²) in [5.41, 5.74) is -2.01. The molecule has 4 heterocycles. The highest BCUT2D eigenvalue weighted by atomic mass is 16.6. The molecule has 0 aromatic heterocycles. The molecular weight excluding hydrogens is 490 g/mol. The summed E-state index contributed by atoms with van der Waals surface area (Å²) in [4.78, 5) is 47.5. The molecule has 4 fully saturated rings. The van der Waals surface area contributed by atoms with Crippen LogP contribution in [-0.2, 0) is 28.6 Å². The zero-order valence-corrected chi connectivity index (χ0v) is 23.4. The summed E-state index contributed by atoms with van der Waals surface area (Å²) in [6.45, 7) is 15.8. The van der Waals surface area contributed by atoms with Crippen LogP contribution >= 0.6 is 0 Å². The van der Waals surface area contributed by atoms with Gasteiger partial charge >= 0.3 is 5.97 Å². The van der Waals surface area contributed by atoms with Gasteiger partial charge in [-0.25, -0.2) is 0 Å². The number of hydrogen-bond acceptors (Lipinski definition) is 8. The molecular formula is C28H45N3O7. The van der Waals surface area contributed by atoms with E-state index in [1.807, 2.05) is 20.8 Å². The quantitative estimate of drug-likeness (QED) is 0.292. The highest BCUT2D eigenvalue weighted by Crippen LogP contribution is 2.64. The van der Waals surface area contributed by atoms with Crippen molar-refractivity contribution >= 4 is 17.8 Å². The van der Waals surface area contributed by atoms with Gasteiger partial charge in [-0.3, -0.25) is 19.3 Å². The van der Waals surface area contributed by atoms with E-state index >= 15 is 0 Å². The third-order valence-electron chi connectivity index (χ3n) is 9.29. The summed E-state index contributed by atoms with van der Waals surface area (Å²) < 4.78 is 17.5. The van der Waals surface area contributed by atoms with Crippen LogP contribution in [0, 0.1) is 17.8 Å². The monoisotopic (exact) mass is 535 g/mol. The van der Waals surface area contributed by atoms with E-state index in [2.05, 4.69) is 11.5 Å². The van der Waals surface area contributed by atoms with Crippen molar-refractivity contribution in [2.75, 3.05) is 59.2 Å². The Morgan fingerprint density at radius 1 is 1.29 bits per heavy atom. The Bertz CT molecular complexity index is 909. The first-order valence-electron chi connectivity index (χ1n) is 14.2. The number of morpholine rings is 1. The van der Waals surface area contributed by atoms with Gasteiger partial charge in [0.15, 0.2) is 0 Å². The van der Waals surface area contributed by atoms with Gasteiger partial charge < -0.3 is 29.1 Å². The van der Waals surface area contributed by atoms with E-state index in [1.54, 1.807) is 22.8 Å². The first-order valence-corrected chi connectivity index (χ1v) is 14.2. The lowest BCUT2D eigenvalue weighted by Gasteiger charge is -2.41. The minimum absolute atomic E-state index is 0.0514. The van der Waals surface area contributed by atoms with Gasteiger partial charge in [-0.15, -0.1) is 6.58 Å². The molecule has 10 nitrogen and oxygen atoms in total. The van der Waals surface area contributed by atoms with E-state index in [0.29, 0.717) is 45.7 Å². The highest BCUT2D eigenvalue weighted by molar-refractivity contribution is 5.98. The second-order valence-electron chi connectivity index (χ2n) is 11.4. The Hall–Kier alpha value is -2.01. The van der Waals surface area contributed by atoms with Crippen LogP contribution in [0.5, 0.6) is 0 Å². The van der Waals surface area contributed by atoms with Gasteiger partial charge in [0.25, 0.3) is 0 Å². The number of fused-ring (bicyclic) bond motifs is 1. The van der Waals surface area contributed by atoms with Gasteiger partial charge in [0, 0.05) is 32.7 Å². The molecule has 4 aliphatic heterocycles. The van der Waals surface area contributed by atoms with Crippen LogP contribution in [0.15, 0.2) is 12.7 Å². The third-order valence-corrected chi connectivity index (χ3v) is 9.29. The molecule has 10 heteroatoms. The molecule has 4 saturated heterocycles. The number of esters is 1. The molecule has 0 aromatic carbocycles. The predicted molar refractivity (Wildman–Crippen MR) is 140 cm³/mol. The maximum Gasteiger partial charge on any atom is 0.312 e. The molecule has 7 atom stereocenters. The fraction of sp³-hybridized carbons (Fsp3) is 0.821. The fourth-order valence-electron chi connectivity index (χ4n) is 7.11. The normalized spacial score (nSPS) is 34.2. The second-order valence-corrected chi connectivity index (χ2v) is 11.4. The standard InChI is InChI=1S/C28H45N3O7/c1-6-11-30(13-12-29-14-16-36-17-15-29)25(34)23-28-10-9-27(5,38-28)22(26(35)37-8-3)21(28)24(33)31(23)20(18-32)19(4)7-2/h6,19-23,32H,1,7-18H2,2-5H3/t19-,20-,21-,22+,23?,27-,28?/m0/s1. The van der Waals surface area contributed by atoms with Gasteiger partial charge in [0.1, 0.15) is 17.6 Å². The summed E-state index contributed by atoms with van der Waals surface area (Å²) in [5.74, 6) is -2.63. The number of carbonyl (C=O) groups is 3. The van der Waals surface area contributed by atoms with Crippen molar-refractivity contribution in [1.82, 2.24) is 14.7 Å². The number of rotatable bonds is 12. The minimum atomic E-state index is -1.14. The molecule has 0 radical (unpaired) electrons. The maximum absolute atomic E-state index is 14.5. The van der Waals surface area contributed by atoms with Gasteiger partial charge in [-0.1, -0.05) is 26.3 Å². The number of hydrogen-bond donors (Lipinski definition) is 1. The number of carbonyl (C=O) groups excluding carboxylic acids is 3. The molecule has 2 unspecified atom stereocenters.